The maximum absolute atomic E-state index is 12.5. The molecular formula is C21H24N4O2. The fourth-order valence-corrected chi connectivity index (χ4v) is 2.93. The van der Waals surface area contributed by atoms with Gasteiger partial charge in [0.05, 0.1) is 0 Å². The average molecular weight is 364 g/mol. The van der Waals surface area contributed by atoms with E-state index >= 15 is 0 Å². The zero-order chi connectivity index (χ0) is 20.0. The first-order valence-corrected chi connectivity index (χ1v) is 8.83. The molecule has 0 aliphatic carbocycles. The van der Waals surface area contributed by atoms with Crippen LogP contribution in [0.3, 0.4) is 0 Å². The standard InChI is InChI=1S/C21H24N4O2/c1-5-9-25-14(2)10-17(15(25)3)11-18(13-22)21(27)24-19-8-6-7-16(12-19)20(26)23-4/h6-8,10-12H,5,9H2,1-4H3,(H,23,26)(H,24,27)/b18-11+. The second kappa shape index (κ2) is 8.86. The molecule has 0 radical (unpaired) electrons. The third kappa shape index (κ3) is 4.64. The highest BCUT2D eigenvalue weighted by Gasteiger charge is 2.13. The number of aryl methyl sites for hydroxylation is 1. The summed E-state index contributed by atoms with van der Waals surface area (Å²) in [6, 6.07) is 10.5. The van der Waals surface area contributed by atoms with Crippen LogP contribution in [0.4, 0.5) is 5.69 Å². The lowest BCUT2D eigenvalue weighted by Crippen LogP contribution is -2.18. The van der Waals surface area contributed by atoms with Crippen molar-refractivity contribution in [1.29, 1.82) is 5.26 Å². The summed E-state index contributed by atoms with van der Waals surface area (Å²) < 4.78 is 2.17. The molecule has 2 N–H and O–H groups in total. The second-order valence-corrected chi connectivity index (χ2v) is 6.26. The minimum Gasteiger partial charge on any atom is -0.355 e. The molecule has 1 aromatic carbocycles. The number of benzene rings is 1. The highest BCUT2D eigenvalue weighted by Crippen LogP contribution is 2.19. The van der Waals surface area contributed by atoms with E-state index in [0.29, 0.717) is 11.3 Å². The van der Waals surface area contributed by atoms with Gasteiger partial charge in [0.25, 0.3) is 11.8 Å². The van der Waals surface area contributed by atoms with Gasteiger partial charge in [-0.3, -0.25) is 9.59 Å². The van der Waals surface area contributed by atoms with Crippen LogP contribution >= 0.6 is 0 Å². The lowest BCUT2D eigenvalue weighted by molar-refractivity contribution is -0.112. The van der Waals surface area contributed by atoms with Gasteiger partial charge < -0.3 is 15.2 Å². The van der Waals surface area contributed by atoms with Crippen LogP contribution in [0.15, 0.2) is 35.9 Å². The highest BCUT2D eigenvalue weighted by molar-refractivity contribution is 6.10. The molecule has 6 nitrogen and oxygen atoms in total. The molecule has 0 aliphatic heterocycles. The molecule has 27 heavy (non-hydrogen) atoms. The van der Waals surface area contributed by atoms with Crippen LogP contribution < -0.4 is 10.6 Å². The number of amides is 2. The summed E-state index contributed by atoms with van der Waals surface area (Å²) in [5.74, 6) is -0.752. The van der Waals surface area contributed by atoms with Gasteiger partial charge in [-0.25, -0.2) is 0 Å². The van der Waals surface area contributed by atoms with Gasteiger partial charge in [-0.05, 0) is 56.2 Å². The summed E-state index contributed by atoms with van der Waals surface area (Å²) >= 11 is 0. The smallest absolute Gasteiger partial charge is 0.266 e. The van der Waals surface area contributed by atoms with Crippen molar-refractivity contribution in [2.24, 2.45) is 0 Å². The monoisotopic (exact) mass is 364 g/mol. The number of nitriles is 1. The minimum atomic E-state index is -0.508. The molecule has 2 aromatic rings. The molecule has 140 valence electrons. The number of anilines is 1. The van der Waals surface area contributed by atoms with Crippen LogP contribution in [-0.2, 0) is 11.3 Å². The van der Waals surface area contributed by atoms with Crippen molar-refractivity contribution in [2.75, 3.05) is 12.4 Å². The van der Waals surface area contributed by atoms with Crippen LogP contribution in [0.25, 0.3) is 6.08 Å². The maximum Gasteiger partial charge on any atom is 0.266 e. The molecule has 1 heterocycles. The summed E-state index contributed by atoms with van der Waals surface area (Å²) in [7, 11) is 1.54. The Labute approximate surface area is 159 Å². The number of carbonyl (C=O) groups excluding carboxylic acids is 2. The van der Waals surface area contributed by atoms with Crippen molar-refractivity contribution >= 4 is 23.6 Å². The van der Waals surface area contributed by atoms with Crippen molar-refractivity contribution in [3.8, 4) is 6.07 Å². The topological polar surface area (TPSA) is 86.9 Å². The van der Waals surface area contributed by atoms with E-state index in [2.05, 4.69) is 22.1 Å². The zero-order valence-corrected chi connectivity index (χ0v) is 16.1. The Hall–Kier alpha value is -3.33. The molecule has 0 saturated heterocycles. The highest BCUT2D eigenvalue weighted by atomic mass is 16.2. The summed E-state index contributed by atoms with van der Waals surface area (Å²) in [6.45, 7) is 6.99. The number of nitrogens with one attached hydrogen (secondary N) is 2. The van der Waals surface area contributed by atoms with E-state index in [4.69, 9.17) is 0 Å². The molecule has 0 saturated carbocycles. The first-order chi connectivity index (χ1) is 12.9. The van der Waals surface area contributed by atoms with Crippen LogP contribution in [0.2, 0.25) is 0 Å². The molecule has 1 aromatic heterocycles. The Bertz CT molecular complexity index is 932. The summed E-state index contributed by atoms with van der Waals surface area (Å²) in [6.07, 6.45) is 2.61. The van der Waals surface area contributed by atoms with Gasteiger partial charge in [0.2, 0.25) is 0 Å². The maximum atomic E-state index is 12.5. The van der Waals surface area contributed by atoms with Gasteiger partial charge >= 0.3 is 0 Å². The van der Waals surface area contributed by atoms with Gasteiger partial charge in [-0.2, -0.15) is 5.26 Å². The molecule has 0 atom stereocenters. The fraction of sp³-hybridized carbons (Fsp3) is 0.286. The fourth-order valence-electron chi connectivity index (χ4n) is 2.93. The first-order valence-electron chi connectivity index (χ1n) is 8.83. The third-order valence-electron chi connectivity index (χ3n) is 4.33. The minimum absolute atomic E-state index is 0.0112. The third-order valence-corrected chi connectivity index (χ3v) is 4.33. The second-order valence-electron chi connectivity index (χ2n) is 6.26. The van der Waals surface area contributed by atoms with Crippen LogP contribution in [0.5, 0.6) is 0 Å². The van der Waals surface area contributed by atoms with E-state index < -0.39 is 5.91 Å². The van der Waals surface area contributed by atoms with E-state index in [1.54, 1.807) is 37.4 Å². The Kier molecular flexibility index (Phi) is 6.56. The average Bonchev–Trinajstić information content (AvgIpc) is 2.93. The molecule has 6 heteroatoms. The van der Waals surface area contributed by atoms with Gasteiger partial charge in [0, 0.05) is 36.2 Å². The molecule has 2 rings (SSSR count). The molecule has 0 aliphatic rings. The predicted molar refractivity (Wildman–Crippen MR) is 106 cm³/mol. The normalized spacial score (nSPS) is 11.0. The Morgan fingerprint density at radius 3 is 2.63 bits per heavy atom. The van der Waals surface area contributed by atoms with Crippen LogP contribution in [-0.4, -0.2) is 23.4 Å². The SMILES string of the molecule is CCCn1c(C)cc(/C=C(\C#N)C(=O)Nc2cccc(C(=O)NC)c2)c1C. The quantitative estimate of drug-likeness (QED) is 0.608. The molecule has 2 amide bonds. The first kappa shape index (κ1) is 20.0. The Morgan fingerprint density at radius 2 is 2.00 bits per heavy atom. The zero-order valence-electron chi connectivity index (χ0n) is 16.1. The van der Waals surface area contributed by atoms with Crippen molar-refractivity contribution < 1.29 is 9.59 Å². The van der Waals surface area contributed by atoms with Crippen molar-refractivity contribution in [3.05, 3.63) is 58.4 Å². The van der Waals surface area contributed by atoms with Gasteiger partial charge in [0.15, 0.2) is 0 Å². The Morgan fingerprint density at radius 1 is 1.26 bits per heavy atom. The molecule has 0 spiro atoms. The number of carbonyl (C=O) groups is 2. The molecule has 0 unspecified atom stereocenters. The summed E-state index contributed by atoms with van der Waals surface area (Å²) in [5, 5.41) is 14.7. The van der Waals surface area contributed by atoms with Crippen LogP contribution in [0, 0.1) is 25.2 Å². The van der Waals surface area contributed by atoms with E-state index in [1.165, 1.54) is 0 Å². The van der Waals surface area contributed by atoms with E-state index in [1.807, 2.05) is 26.0 Å². The Balaban J connectivity index is 2.27. The number of nitrogens with zero attached hydrogens (tertiary/aromatic N) is 2. The lowest BCUT2D eigenvalue weighted by atomic mass is 10.1. The van der Waals surface area contributed by atoms with Gasteiger partial charge in [0.1, 0.15) is 11.6 Å². The van der Waals surface area contributed by atoms with E-state index in [-0.39, 0.29) is 11.5 Å². The van der Waals surface area contributed by atoms with Gasteiger partial charge in [-0.15, -0.1) is 0 Å². The van der Waals surface area contributed by atoms with Crippen LogP contribution in [0.1, 0.15) is 40.7 Å². The van der Waals surface area contributed by atoms with Crippen molar-refractivity contribution in [1.82, 2.24) is 9.88 Å². The largest absolute Gasteiger partial charge is 0.355 e. The molecule has 0 bridgehead atoms. The summed E-state index contributed by atoms with van der Waals surface area (Å²) in [4.78, 5) is 24.2. The summed E-state index contributed by atoms with van der Waals surface area (Å²) in [5.41, 5.74) is 3.87. The van der Waals surface area contributed by atoms with E-state index in [9.17, 15) is 14.9 Å². The number of hydrogen-bond acceptors (Lipinski definition) is 3. The number of aromatic nitrogens is 1. The number of rotatable bonds is 6. The van der Waals surface area contributed by atoms with E-state index in [0.717, 1.165) is 29.9 Å². The number of hydrogen-bond donors (Lipinski definition) is 2. The molecule has 0 fully saturated rings. The van der Waals surface area contributed by atoms with Crippen molar-refractivity contribution in [2.45, 2.75) is 33.7 Å². The van der Waals surface area contributed by atoms with Crippen molar-refractivity contribution in [3.63, 3.8) is 0 Å². The lowest BCUT2D eigenvalue weighted by Gasteiger charge is -2.08. The van der Waals surface area contributed by atoms with Gasteiger partial charge in [-0.1, -0.05) is 13.0 Å². The molecular weight excluding hydrogens is 340 g/mol. The predicted octanol–water partition coefficient (Wildman–Crippen LogP) is 3.42.